The van der Waals surface area contributed by atoms with Crippen molar-refractivity contribution in [3.8, 4) is 0 Å². The molecule has 0 saturated heterocycles. The van der Waals surface area contributed by atoms with Crippen LogP contribution in [0.5, 0.6) is 0 Å². The van der Waals surface area contributed by atoms with Gasteiger partial charge in [-0.3, -0.25) is 9.59 Å². The Labute approximate surface area is 180 Å². The van der Waals surface area contributed by atoms with Gasteiger partial charge >= 0.3 is 0 Å². The Hall–Kier alpha value is -1.73. The smallest absolute Gasteiger partial charge is 0.251 e. The number of nitrogens with two attached hydrogens (primary N) is 1. The quantitative estimate of drug-likeness (QED) is 0.757. The van der Waals surface area contributed by atoms with E-state index in [1.165, 1.54) is 11.8 Å². The predicted octanol–water partition coefficient (Wildman–Crippen LogP) is 3.87. The van der Waals surface area contributed by atoms with Gasteiger partial charge in [0, 0.05) is 27.3 Å². The molecule has 1 heterocycles. The van der Waals surface area contributed by atoms with Crippen molar-refractivity contribution in [3.63, 3.8) is 0 Å². The summed E-state index contributed by atoms with van der Waals surface area (Å²) in [5.74, 6) is 0.184. The Morgan fingerprint density at radius 3 is 2.61 bits per heavy atom. The van der Waals surface area contributed by atoms with E-state index in [9.17, 15) is 9.59 Å². The van der Waals surface area contributed by atoms with Gasteiger partial charge in [-0.25, -0.2) is 0 Å². The van der Waals surface area contributed by atoms with Crippen molar-refractivity contribution < 1.29 is 9.59 Å². The molecule has 0 radical (unpaired) electrons. The van der Waals surface area contributed by atoms with E-state index in [1.54, 1.807) is 29.2 Å². The van der Waals surface area contributed by atoms with Crippen LogP contribution < -0.4 is 16.0 Å². The molecule has 0 fully saturated rings. The lowest BCUT2D eigenvalue weighted by Gasteiger charge is -2.25. The summed E-state index contributed by atoms with van der Waals surface area (Å²) in [5.41, 5.74) is 8.25. The highest BCUT2D eigenvalue weighted by Gasteiger charge is 2.29. The van der Waals surface area contributed by atoms with Crippen LogP contribution in [0, 0.1) is 0 Å². The van der Waals surface area contributed by atoms with Crippen LogP contribution in [0.3, 0.4) is 0 Å². The van der Waals surface area contributed by atoms with Gasteiger partial charge in [0.05, 0.1) is 18.3 Å². The molecule has 3 rings (SSSR count). The molecule has 150 valence electrons. The predicted molar refractivity (Wildman–Crippen MR) is 118 cm³/mol. The summed E-state index contributed by atoms with van der Waals surface area (Å²) in [5, 5.41) is 3.52. The summed E-state index contributed by atoms with van der Waals surface area (Å²) in [4.78, 5) is 27.9. The van der Waals surface area contributed by atoms with Crippen LogP contribution >= 0.6 is 35.8 Å². The standard InChI is InChI=1S/C20H22ClN3O2S.ClH/c1-12(2)23-19(25)14-5-8-18-17(9-14)24(20(26)16(22)11-27-18)10-13-3-6-15(21)7-4-13;/h3-9,12,16H,10-11,22H2,1-2H3,(H,23,25);1H/t16-;/m0./s1. The number of rotatable bonds is 4. The second kappa shape index (κ2) is 9.65. The maximum Gasteiger partial charge on any atom is 0.251 e. The second-order valence-electron chi connectivity index (χ2n) is 6.78. The number of halogens is 2. The fraction of sp³-hybridized carbons (Fsp3) is 0.300. The van der Waals surface area contributed by atoms with Crippen molar-refractivity contribution in [3.05, 3.63) is 58.6 Å². The van der Waals surface area contributed by atoms with E-state index < -0.39 is 6.04 Å². The molecule has 2 amide bonds. The van der Waals surface area contributed by atoms with Crippen LogP contribution in [-0.4, -0.2) is 29.7 Å². The fourth-order valence-corrected chi connectivity index (χ4v) is 3.95. The number of hydrogen-bond acceptors (Lipinski definition) is 4. The summed E-state index contributed by atoms with van der Waals surface area (Å²) >= 11 is 7.49. The van der Waals surface area contributed by atoms with Crippen molar-refractivity contribution in [2.24, 2.45) is 5.73 Å². The normalized spacial score (nSPS) is 16.2. The van der Waals surface area contributed by atoms with Crippen LogP contribution in [-0.2, 0) is 11.3 Å². The number of benzene rings is 2. The molecule has 8 heteroatoms. The average molecular weight is 440 g/mol. The van der Waals surface area contributed by atoms with Crippen LogP contribution in [0.4, 0.5) is 5.69 Å². The third kappa shape index (κ3) is 5.20. The molecule has 0 saturated carbocycles. The summed E-state index contributed by atoms with van der Waals surface area (Å²) in [6, 6.07) is 12.2. The Kier molecular flexibility index (Phi) is 7.78. The molecule has 1 atom stereocenters. The lowest BCUT2D eigenvalue weighted by atomic mass is 10.1. The number of carbonyl (C=O) groups excluding carboxylic acids is 2. The molecule has 0 bridgehead atoms. The molecular weight excluding hydrogens is 417 g/mol. The monoisotopic (exact) mass is 439 g/mol. The molecule has 0 aromatic heterocycles. The van der Waals surface area contributed by atoms with Crippen molar-refractivity contribution in [1.29, 1.82) is 0 Å². The van der Waals surface area contributed by atoms with E-state index in [-0.39, 0.29) is 30.3 Å². The van der Waals surface area contributed by atoms with Gasteiger partial charge in [0.2, 0.25) is 5.91 Å². The van der Waals surface area contributed by atoms with Gasteiger partial charge in [-0.2, -0.15) is 0 Å². The zero-order valence-corrected chi connectivity index (χ0v) is 18.0. The molecule has 0 spiro atoms. The molecule has 1 aliphatic rings. The van der Waals surface area contributed by atoms with Crippen molar-refractivity contribution in [2.75, 3.05) is 10.7 Å². The minimum atomic E-state index is -0.595. The minimum absolute atomic E-state index is 0. The average Bonchev–Trinajstić information content (AvgIpc) is 2.74. The number of anilines is 1. The molecule has 5 nitrogen and oxygen atoms in total. The Bertz CT molecular complexity index is 859. The third-order valence-electron chi connectivity index (χ3n) is 4.19. The lowest BCUT2D eigenvalue weighted by molar-refractivity contribution is -0.119. The van der Waals surface area contributed by atoms with E-state index in [0.29, 0.717) is 28.6 Å². The molecular formula is C20H23Cl2N3O2S. The number of nitrogens with zero attached hydrogens (tertiary/aromatic N) is 1. The Balaban J connectivity index is 0.00000280. The number of hydrogen-bond donors (Lipinski definition) is 2. The molecule has 0 unspecified atom stereocenters. The summed E-state index contributed by atoms with van der Waals surface area (Å²) in [6.45, 7) is 4.19. The Morgan fingerprint density at radius 1 is 1.29 bits per heavy atom. The zero-order chi connectivity index (χ0) is 19.6. The van der Waals surface area contributed by atoms with E-state index in [2.05, 4.69) is 5.32 Å². The molecule has 2 aromatic rings. The van der Waals surface area contributed by atoms with Gasteiger partial charge in [-0.1, -0.05) is 23.7 Å². The van der Waals surface area contributed by atoms with Crippen LogP contribution in [0.25, 0.3) is 0 Å². The number of fused-ring (bicyclic) bond motifs is 1. The van der Waals surface area contributed by atoms with Gasteiger partial charge in [-0.05, 0) is 49.7 Å². The lowest BCUT2D eigenvalue weighted by Crippen LogP contribution is -2.44. The molecule has 3 N–H and O–H groups in total. The number of amides is 2. The van der Waals surface area contributed by atoms with E-state index >= 15 is 0 Å². The van der Waals surface area contributed by atoms with Gasteiger partial charge in [-0.15, -0.1) is 24.2 Å². The first-order valence-electron chi connectivity index (χ1n) is 8.74. The zero-order valence-electron chi connectivity index (χ0n) is 15.6. The first kappa shape index (κ1) is 22.6. The second-order valence-corrected chi connectivity index (χ2v) is 8.28. The van der Waals surface area contributed by atoms with Crippen LogP contribution in [0.1, 0.15) is 29.8 Å². The maximum atomic E-state index is 12.9. The summed E-state index contributed by atoms with van der Waals surface area (Å²) in [6.07, 6.45) is 0. The van der Waals surface area contributed by atoms with Crippen molar-refractivity contribution in [1.82, 2.24) is 5.32 Å². The topological polar surface area (TPSA) is 75.4 Å². The number of thioether (sulfide) groups is 1. The first-order valence-corrected chi connectivity index (χ1v) is 10.1. The SMILES string of the molecule is CC(C)NC(=O)c1ccc2c(c1)N(Cc1ccc(Cl)cc1)C(=O)[C@@H](N)CS2.Cl. The molecule has 0 aliphatic carbocycles. The van der Waals surface area contributed by atoms with Crippen LogP contribution in [0.2, 0.25) is 5.02 Å². The number of carbonyl (C=O) groups is 2. The molecule has 1 aliphatic heterocycles. The fourth-order valence-electron chi connectivity index (χ4n) is 2.84. The highest BCUT2D eigenvalue weighted by atomic mass is 35.5. The third-order valence-corrected chi connectivity index (χ3v) is 5.62. The highest BCUT2D eigenvalue weighted by molar-refractivity contribution is 7.99. The van der Waals surface area contributed by atoms with Crippen LogP contribution in [0.15, 0.2) is 47.4 Å². The van der Waals surface area contributed by atoms with Gasteiger partial charge < -0.3 is 16.0 Å². The Morgan fingerprint density at radius 2 is 1.96 bits per heavy atom. The minimum Gasteiger partial charge on any atom is -0.350 e. The largest absolute Gasteiger partial charge is 0.350 e. The summed E-state index contributed by atoms with van der Waals surface area (Å²) < 4.78 is 0. The van der Waals surface area contributed by atoms with Crippen molar-refractivity contribution >= 4 is 53.3 Å². The summed E-state index contributed by atoms with van der Waals surface area (Å²) in [7, 11) is 0. The highest BCUT2D eigenvalue weighted by Crippen LogP contribution is 2.36. The first-order chi connectivity index (χ1) is 12.8. The number of nitrogens with one attached hydrogen (secondary N) is 1. The molecule has 2 aromatic carbocycles. The van der Waals surface area contributed by atoms with Gasteiger partial charge in [0.25, 0.3) is 5.91 Å². The van der Waals surface area contributed by atoms with E-state index in [1.807, 2.05) is 32.0 Å². The maximum absolute atomic E-state index is 12.9. The van der Waals surface area contributed by atoms with Gasteiger partial charge in [0.15, 0.2) is 0 Å². The van der Waals surface area contributed by atoms with Gasteiger partial charge in [0.1, 0.15) is 0 Å². The molecule has 28 heavy (non-hydrogen) atoms. The van der Waals surface area contributed by atoms with E-state index in [4.69, 9.17) is 17.3 Å². The van der Waals surface area contributed by atoms with Crippen molar-refractivity contribution in [2.45, 2.75) is 37.4 Å². The van der Waals surface area contributed by atoms with E-state index in [0.717, 1.165) is 10.5 Å².